The molecule has 3 nitrogen and oxygen atoms in total. The highest BCUT2D eigenvalue weighted by Gasteiger charge is 2.17. The van der Waals surface area contributed by atoms with Crippen LogP contribution in [0.1, 0.15) is 35.2 Å². The third-order valence-electron chi connectivity index (χ3n) is 4.57. The lowest BCUT2D eigenvalue weighted by Gasteiger charge is -2.24. The summed E-state index contributed by atoms with van der Waals surface area (Å²) in [5, 5.41) is 7.35. The van der Waals surface area contributed by atoms with Crippen molar-refractivity contribution in [2.75, 3.05) is 11.9 Å². The summed E-state index contributed by atoms with van der Waals surface area (Å²) in [7, 11) is 0. The summed E-state index contributed by atoms with van der Waals surface area (Å²) in [4.78, 5) is 0. The van der Waals surface area contributed by atoms with Crippen molar-refractivity contribution in [1.29, 1.82) is 0 Å². The molecule has 0 unspecified atom stereocenters. The molecule has 144 valence electrons. The molecule has 0 saturated heterocycles. The summed E-state index contributed by atoms with van der Waals surface area (Å²) in [6, 6.07) is 24.7. The van der Waals surface area contributed by atoms with Crippen LogP contribution in [0.4, 0.5) is 5.69 Å². The Morgan fingerprint density at radius 1 is 0.964 bits per heavy atom. The van der Waals surface area contributed by atoms with Gasteiger partial charge in [-0.3, -0.25) is 0 Å². The molecule has 3 aromatic carbocycles. The zero-order chi connectivity index (χ0) is 19.9. The first-order valence-corrected chi connectivity index (χ1v) is 9.90. The highest BCUT2D eigenvalue weighted by molar-refractivity contribution is 7.80. The Morgan fingerprint density at radius 2 is 1.68 bits per heavy atom. The van der Waals surface area contributed by atoms with Crippen molar-refractivity contribution in [2.45, 2.75) is 26.8 Å². The topological polar surface area (TPSA) is 33.3 Å². The van der Waals surface area contributed by atoms with Crippen molar-refractivity contribution in [3.63, 3.8) is 0 Å². The zero-order valence-electron chi connectivity index (χ0n) is 16.5. The summed E-state index contributed by atoms with van der Waals surface area (Å²) >= 11 is 5.61. The van der Waals surface area contributed by atoms with E-state index in [9.17, 15) is 0 Å². The second-order valence-corrected chi connectivity index (χ2v) is 7.17. The van der Waals surface area contributed by atoms with E-state index in [2.05, 4.69) is 66.9 Å². The van der Waals surface area contributed by atoms with Crippen LogP contribution < -0.4 is 15.4 Å². The second-order valence-electron chi connectivity index (χ2n) is 6.76. The second kappa shape index (κ2) is 9.38. The van der Waals surface area contributed by atoms with E-state index < -0.39 is 0 Å². The van der Waals surface area contributed by atoms with Gasteiger partial charge >= 0.3 is 0 Å². The fraction of sp³-hybridized carbons (Fsp3) is 0.208. The van der Waals surface area contributed by atoms with Gasteiger partial charge in [-0.2, -0.15) is 0 Å². The van der Waals surface area contributed by atoms with Gasteiger partial charge in [0.2, 0.25) is 0 Å². The number of benzene rings is 3. The standard InChI is InChI=1S/C24H26N2OS/c1-4-27-21-13-11-20(12-14-21)25-24(28)26-23(19-8-6-5-7-9-19)22-15-10-17(2)16-18(22)3/h5-16,23H,4H2,1-3H3,(H2,25,26,28)/t23-/m1/s1. The first kappa shape index (κ1) is 19.9. The molecule has 0 aromatic heterocycles. The number of anilines is 1. The largest absolute Gasteiger partial charge is 0.494 e. The van der Waals surface area contributed by atoms with Crippen LogP contribution in [0.25, 0.3) is 0 Å². The van der Waals surface area contributed by atoms with Gasteiger partial charge in [-0.1, -0.05) is 54.1 Å². The van der Waals surface area contributed by atoms with Crippen molar-refractivity contribution >= 4 is 23.0 Å². The molecule has 0 radical (unpaired) electrons. The van der Waals surface area contributed by atoms with E-state index in [4.69, 9.17) is 17.0 Å². The molecule has 1 atom stereocenters. The van der Waals surface area contributed by atoms with Crippen molar-refractivity contribution in [3.05, 3.63) is 95.1 Å². The van der Waals surface area contributed by atoms with Crippen molar-refractivity contribution in [2.24, 2.45) is 0 Å². The van der Waals surface area contributed by atoms with Crippen LogP contribution in [0.2, 0.25) is 0 Å². The van der Waals surface area contributed by atoms with E-state index in [-0.39, 0.29) is 6.04 Å². The van der Waals surface area contributed by atoms with E-state index in [1.54, 1.807) is 0 Å². The number of hydrogen-bond acceptors (Lipinski definition) is 2. The first-order valence-electron chi connectivity index (χ1n) is 9.49. The summed E-state index contributed by atoms with van der Waals surface area (Å²) in [5.41, 5.74) is 5.81. The molecule has 0 aliphatic carbocycles. The molecule has 2 N–H and O–H groups in total. The molecule has 0 bridgehead atoms. The number of thiocarbonyl (C=S) groups is 1. The molecule has 3 rings (SSSR count). The van der Waals surface area contributed by atoms with Gasteiger partial charge in [0.25, 0.3) is 0 Å². The van der Waals surface area contributed by atoms with Gasteiger partial charge in [0.15, 0.2) is 5.11 Å². The average molecular weight is 391 g/mol. The van der Waals surface area contributed by atoms with Crippen molar-refractivity contribution < 1.29 is 4.74 Å². The van der Waals surface area contributed by atoms with E-state index in [0.29, 0.717) is 11.7 Å². The molecule has 4 heteroatoms. The van der Waals surface area contributed by atoms with Gasteiger partial charge in [-0.15, -0.1) is 0 Å². The van der Waals surface area contributed by atoms with Gasteiger partial charge in [0, 0.05) is 5.69 Å². The fourth-order valence-electron chi connectivity index (χ4n) is 3.24. The van der Waals surface area contributed by atoms with Gasteiger partial charge in [0.05, 0.1) is 12.6 Å². The predicted molar refractivity (Wildman–Crippen MR) is 121 cm³/mol. The molecule has 0 saturated carbocycles. The molecule has 3 aromatic rings. The molecular weight excluding hydrogens is 364 g/mol. The first-order chi connectivity index (χ1) is 13.6. The molecule has 0 heterocycles. The summed E-state index contributed by atoms with van der Waals surface area (Å²) < 4.78 is 5.49. The average Bonchev–Trinajstić information content (AvgIpc) is 2.69. The molecule has 0 aliphatic rings. The Morgan fingerprint density at radius 3 is 2.32 bits per heavy atom. The molecule has 0 spiro atoms. The van der Waals surface area contributed by atoms with Gasteiger partial charge in [0.1, 0.15) is 5.75 Å². The Kier molecular flexibility index (Phi) is 6.66. The molecular formula is C24H26N2OS. The minimum absolute atomic E-state index is 0.0236. The van der Waals surface area contributed by atoms with Crippen LogP contribution in [0.5, 0.6) is 5.75 Å². The number of rotatable bonds is 6. The number of hydrogen-bond donors (Lipinski definition) is 2. The number of aryl methyl sites for hydroxylation is 2. The lowest BCUT2D eigenvalue weighted by molar-refractivity contribution is 0.340. The Labute approximate surface area is 172 Å². The van der Waals surface area contributed by atoms with Crippen molar-refractivity contribution in [3.8, 4) is 5.75 Å². The van der Waals surface area contributed by atoms with Crippen LogP contribution in [0.3, 0.4) is 0 Å². The Hall–Kier alpha value is -2.85. The summed E-state index contributed by atoms with van der Waals surface area (Å²) in [6.45, 7) is 6.88. The van der Waals surface area contributed by atoms with Crippen LogP contribution in [-0.4, -0.2) is 11.7 Å². The predicted octanol–water partition coefficient (Wildman–Crippen LogP) is 5.78. The lowest BCUT2D eigenvalue weighted by atomic mass is 9.94. The monoisotopic (exact) mass is 390 g/mol. The van der Waals surface area contributed by atoms with E-state index in [0.717, 1.165) is 11.4 Å². The van der Waals surface area contributed by atoms with E-state index in [1.165, 1.54) is 22.3 Å². The molecule has 0 aliphatic heterocycles. The maximum Gasteiger partial charge on any atom is 0.171 e. The van der Waals surface area contributed by atoms with E-state index >= 15 is 0 Å². The third kappa shape index (κ3) is 5.11. The van der Waals surface area contributed by atoms with Crippen LogP contribution in [0, 0.1) is 13.8 Å². The maximum absolute atomic E-state index is 5.61. The number of nitrogens with one attached hydrogen (secondary N) is 2. The Bertz CT molecular complexity index is 923. The van der Waals surface area contributed by atoms with Crippen LogP contribution in [-0.2, 0) is 0 Å². The smallest absolute Gasteiger partial charge is 0.171 e. The minimum atomic E-state index is -0.0236. The maximum atomic E-state index is 5.61. The third-order valence-corrected chi connectivity index (χ3v) is 4.79. The number of ether oxygens (including phenoxy) is 1. The van der Waals surface area contributed by atoms with Gasteiger partial charge in [-0.05, 0) is 73.9 Å². The molecule has 28 heavy (non-hydrogen) atoms. The van der Waals surface area contributed by atoms with Gasteiger partial charge in [-0.25, -0.2) is 0 Å². The summed E-state index contributed by atoms with van der Waals surface area (Å²) in [6.07, 6.45) is 0. The SMILES string of the molecule is CCOc1ccc(NC(=S)N[C@H](c2ccccc2)c2ccc(C)cc2C)cc1. The molecule has 0 amide bonds. The van der Waals surface area contributed by atoms with E-state index in [1.807, 2.05) is 37.3 Å². The Balaban J connectivity index is 1.80. The highest BCUT2D eigenvalue weighted by Crippen LogP contribution is 2.26. The quantitative estimate of drug-likeness (QED) is 0.523. The zero-order valence-corrected chi connectivity index (χ0v) is 17.3. The molecule has 0 fully saturated rings. The van der Waals surface area contributed by atoms with Crippen LogP contribution in [0.15, 0.2) is 72.8 Å². The lowest BCUT2D eigenvalue weighted by Crippen LogP contribution is -2.33. The fourth-order valence-corrected chi connectivity index (χ4v) is 3.47. The van der Waals surface area contributed by atoms with Crippen LogP contribution >= 0.6 is 12.2 Å². The van der Waals surface area contributed by atoms with Gasteiger partial charge < -0.3 is 15.4 Å². The highest BCUT2D eigenvalue weighted by atomic mass is 32.1. The normalized spacial score (nSPS) is 11.5. The van der Waals surface area contributed by atoms with Crippen molar-refractivity contribution in [1.82, 2.24) is 5.32 Å². The summed E-state index contributed by atoms with van der Waals surface area (Å²) in [5.74, 6) is 0.851. The minimum Gasteiger partial charge on any atom is -0.494 e.